The summed E-state index contributed by atoms with van der Waals surface area (Å²) >= 11 is 0. The molecule has 17 heavy (non-hydrogen) atoms. The van der Waals surface area contributed by atoms with E-state index in [-0.39, 0.29) is 17.6 Å². The molecule has 1 N–H and O–H groups in total. The average Bonchev–Trinajstić information content (AvgIpc) is 2.32. The van der Waals surface area contributed by atoms with Crippen molar-refractivity contribution >= 4 is 11.6 Å². The first kappa shape index (κ1) is 12.0. The molecule has 0 spiro atoms. The van der Waals surface area contributed by atoms with Gasteiger partial charge in [-0.1, -0.05) is 6.07 Å². The molecule has 0 aromatic heterocycles. The van der Waals surface area contributed by atoms with Crippen LogP contribution >= 0.6 is 0 Å². The van der Waals surface area contributed by atoms with Crippen molar-refractivity contribution in [3.05, 3.63) is 29.6 Å². The highest BCUT2D eigenvalue weighted by molar-refractivity contribution is 5.96. The van der Waals surface area contributed by atoms with Crippen molar-refractivity contribution in [2.24, 2.45) is 0 Å². The van der Waals surface area contributed by atoms with Gasteiger partial charge in [-0.05, 0) is 43.6 Å². The van der Waals surface area contributed by atoms with Gasteiger partial charge in [-0.15, -0.1) is 0 Å². The van der Waals surface area contributed by atoms with Gasteiger partial charge in [0.25, 0.3) is 0 Å². The molecule has 0 aliphatic carbocycles. The van der Waals surface area contributed by atoms with E-state index in [1.54, 1.807) is 18.0 Å². The molecule has 1 aromatic rings. The molecule has 92 valence electrons. The highest BCUT2D eigenvalue weighted by Gasteiger charge is 2.28. The van der Waals surface area contributed by atoms with Gasteiger partial charge >= 0.3 is 0 Å². The van der Waals surface area contributed by atoms with Gasteiger partial charge in [0, 0.05) is 19.2 Å². The van der Waals surface area contributed by atoms with Gasteiger partial charge < -0.3 is 10.2 Å². The predicted molar refractivity (Wildman–Crippen MR) is 65.7 cm³/mol. The van der Waals surface area contributed by atoms with E-state index in [1.165, 1.54) is 12.1 Å². The van der Waals surface area contributed by atoms with Gasteiger partial charge in [0.15, 0.2) is 0 Å². The lowest BCUT2D eigenvalue weighted by molar-refractivity contribution is -0.119. The fraction of sp³-hybridized carbons (Fsp3) is 0.462. The Labute approximate surface area is 101 Å². The van der Waals surface area contributed by atoms with E-state index in [1.807, 2.05) is 7.05 Å². The first-order valence-corrected chi connectivity index (χ1v) is 5.84. The van der Waals surface area contributed by atoms with Gasteiger partial charge in [-0.2, -0.15) is 0 Å². The quantitative estimate of drug-likeness (QED) is 0.869. The van der Waals surface area contributed by atoms with Crippen molar-refractivity contribution in [3.8, 4) is 0 Å². The van der Waals surface area contributed by atoms with Crippen LogP contribution in [0, 0.1) is 5.82 Å². The summed E-state index contributed by atoms with van der Waals surface area (Å²) in [5.74, 6) is -0.0383. The number of nitrogens with one attached hydrogen (secondary N) is 1. The summed E-state index contributed by atoms with van der Waals surface area (Å²) in [5.41, 5.74) is 1.78. The Morgan fingerprint density at radius 3 is 3.00 bits per heavy atom. The van der Waals surface area contributed by atoms with Gasteiger partial charge in [-0.3, -0.25) is 4.79 Å². The number of carbonyl (C=O) groups is 1. The Morgan fingerprint density at radius 2 is 2.29 bits per heavy atom. The Morgan fingerprint density at radius 1 is 1.53 bits per heavy atom. The SMILES string of the molecule is CNCCC1CC(=O)N(C)c2cc(F)ccc21. The van der Waals surface area contributed by atoms with E-state index in [9.17, 15) is 9.18 Å². The fourth-order valence-electron chi connectivity index (χ4n) is 2.32. The number of benzene rings is 1. The number of hydrogen-bond acceptors (Lipinski definition) is 2. The minimum absolute atomic E-state index is 0.0594. The van der Waals surface area contributed by atoms with Crippen LogP contribution < -0.4 is 10.2 Å². The van der Waals surface area contributed by atoms with Crippen LogP contribution in [0.3, 0.4) is 0 Å². The topological polar surface area (TPSA) is 32.3 Å². The molecule has 2 rings (SSSR count). The van der Waals surface area contributed by atoms with Crippen LogP contribution in [0.5, 0.6) is 0 Å². The van der Waals surface area contributed by atoms with Crippen LogP contribution in [0.2, 0.25) is 0 Å². The van der Waals surface area contributed by atoms with Crippen molar-refractivity contribution in [2.75, 3.05) is 25.5 Å². The molecule has 0 saturated heterocycles. The molecule has 1 atom stereocenters. The lowest BCUT2D eigenvalue weighted by atomic mass is 9.87. The van der Waals surface area contributed by atoms with Crippen LogP contribution in [-0.2, 0) is 4.79 Å². The maximum atomic E-state index is 13.2. The smallest absolute Gasteiger partial charge is 0.227 e. The van der Waals surface area contributed by atoms with Crippen LogP contribution in [0.25, 0.3) is 0 Å². The lowest BCUT2D eigenvalue weighted by Crippen LogP contribution is -2.34. The maximum Gasteiger partial charge on any atom is 0.227 e. The molecular weight excluding hydrogens is 219 g/mol. The Hall–Kier alpha value is -1.42. The Bertz CT molecular complexity index is 433. The minimum atomic E-state index is -0.294. The molecule has 1 unspecified atom stereocenters. The molecule has 1 aliphatic heterocycles. The van der Waals surface area contributed by atoms with Crippen molar-refractivity contribution in [3.63, 3.8) is 0 Å². The van der Waals surface area contributed by atoms with E-state index in [2.05, 4.69) is 5.32 Å². The molecular formula is C13H17FN2O. The molecule has 1 amide bonds. The number of hydrogen-bond donors (Lipinski definition) is 1. The van der Waals surface area contributed by atoms with Crippen molar-refractivity contribution in [1.29, 1.82) is 0 Å². The number of fused-ring (bicyclic) bond motifs is 1. The van der Waals surface area contributed by atoms with E-state index in [0.717, 1.165) is 18.5 Å². The van der Waals surface area contributed by atoms with E-state index in [4.69, 9.17) is 0 Å². The molecule has 0 radical (unpaired) electrons. The van der Waals surface area contributed by atoms with E-state index >= 15 is 0 Å². The number of anilines is 1. The number of rotatable bonds is 3. The predicted octanol–water partition coefficient (Wildman–Crippen LogP) is 1.89. The summed E-state index contributed by atoms with van der Waals surface area (Å²) in [4.78, 5) is 13.4. The standard InChI is InChI=1S/C13H17FN2O/c1-15-6-5-9-7-13(17)16(2)12-8-10(14)3-4-11(9)12/h3-4,8-9,15H,5-7H2,1-2H3. The molecule has 0 saturated carbocycles. The Kier molecular flexibility index (Phi) is 3.43. The molecule has 1 aromatic carbocycles. The molecule has 0 fully saturated rings. The highest BCUT2D eigenvalue weighted by atomic mass is 19.1. The third-order valence-electron chi connectivity index (χ3n) is 3.33. The lowest BCUT2D eigenvalue weighted by Gasteiger charge is -2.31. The van der Waals surface area contributed by atoms with Crippen LogP contribution in [0.1, 0.15) is 24.3 Å². The summed E-state index contributed by atoms with van der Waals surface area (Å²) in [5, 5.41) is 3.08. The first-order chi connectivity index (χ1) is 8.13. The summed E-state index contributed by atoms with van der Waals surface area (Å²) in [6.45, 7) is 0.860. The van der Waals surface area contributed by atoms with Crippen LogP contribution in [0.15, 0.2) is 18.2 Å². The zero-order chi connectivity index (χ0) is 12.4. The summed E-state index contributed by atoms with van der Waals surface area (Å²) in [7, 11) is 3.59. The van der Waals surface area contributed by atoms with Crippen molar-refractivity contribution in [1.82, 2.24) is 5.32 Å². The van der Waals surface area contributed by atoms with E-state index < -0.39 is 0 Å². The zero-order valence-electron chi connectivity index (χ0n) is 10.2. The summed E-state index contributed by atoms with van der Waals surface area (Å²) < 4.78 is 13.2. The molecule has 3 nitrogen and oxygen atoms in total. The monoisotopic (exact) mass is 236 g/mol. The molecule has 1 aliphatic rings. The average molecular weight is 236 g/mol. The number of carbonyl (C=O) groups excluding carboxylic acids is 1. The first-order valence-electron chi connectivity index (χ1n) is 5.84. The molecule has 1 heterocycles. The molecule has 0 bridgehead atoms. The summed E-state index contributed by atoms with van der Waals surface area (Å²) in [6.07, 6.45) is 1.41. The second-order valence-electron chi connectivity index (χ2n) is 4.45. The van der Waals surface area contributed by atoms with Gasteiger partial charge in [0.05, 0.1) is 0 Å². The third-order valence-corrected chi connectivity index (χ3v) is 3.33. The number of nitrogens with zero attached hydrogens (tertiary/aromatic N) is 1. The van der Waals surface area contributed by atoms with Crippen LogP contribution in [0.4, 0.5) is 10.1 Å². The second-order valence-corrected chi connectivity index (χ2v) is 4.45. The second kappa shape index (κ2) is 4.84. The largest absolute Gasteiger partial charge is 0.320 e. The zero-order valence-corrected chi connectivity index (χ0v) is 10.2. The maximum absolute atomic E-state index is 13.2. The van der Waals surface area contributed by atoms with Crippen LogP contribution in [-0.4, -0.2) is 26.5 Å². The van der Waals surface area contributed by atoms with Gasteiger partial charge in [0.2, 0.25) is 5.91 Å². The van der Waals surface area contributed by atoms with Gasteiger partial charge in [0.1, 0.15) is 5.82 Å². The van der Waals surface area contributed by atoms with Gasteiger partial charge in [-0.25, -0.2) is 4.39 Å². The summed E-state index contributed by atoms with van der Waals surface area (Å²) in [6, 6.07) is 4.71. The number of halogens is 1. The minimum Gasteiger partial charge on any atom is -0.320 e. The van der Waals surface area contributed by atoms with Crippen molar-refractivity contribution < 1.29 is 9.18 Å². The number of amides is 1. The fourth-order valence-corrected chi connectivity index (χ4v) is 2.32. The van der Waals surface area contributed by atoms with E-state index in [0.29, 0.717) is 12.1 Å². The third kappa shape index (κ3) is 2.31. The molecule has 4 heteroatoms. The highest BCUT2D eigenvalue weighted by Crippen LogP contribution is 2.37. The Balaban J connectivity index is 2.35. The normalized spacial score (nSPS) is 19.4. The van der Waals surface area contributed by atoms with Crippen molar-refractivity contribution in [2.45, 2.75) is 18.8 Å².